The van der Waals surface area contributed by atoms with Gasteiger partial charge in [0.05, 0.1) is 5.52 Å². The number of carbonyl (C=O) groups is 1. The van der Waals surface area contributed by atoms with E-state index in [4.69, 9.17) is 5.73 Å². The molecule has 26 heavy (non-hydrogen) atoms. The lowest BCUT2D eigenvalue weighted by Gasteiger charge is -2.09. The second-order valence-electron chi connectivity index (χ2n) is 6.84. The van der Waals surface area contributed by atoms with Gasteiger partial charge in [0.1, 0.15) is 0 Å². The average molecular weight is 342 g/mol. The Kier molecular flexibility index (Phi) is 4.00. The molecule has 4 rings (SSSR count). The van der Waals surface area contributed by atoms with Gasteiger partial charge in [-0.15, -0.1) is 0 Å². The van der Waals surface area contributed by atoms with E-state index < -0.39 is 0 Å². The van der Waals surface area contributed by atoms with E-state index in [0.29, 0.717) is 5.56 Å². The highest BCUT2D eigenvalue weighted by molar-refractivity contribution is 6.17. The second kappa shape index (κ2) is 6.34. The lowest BCUT2D eigenvalue weighted by Crippen LogP contribution is -2.11. The summed E-state index contributed by atoms with van der Waals surface area (Å²) in [6, 6.07) is 20.9. The molecule has 4 aromatic rings. The van der Waals surface area contributed by atoms with Crippen molar-refractivity contribution in [2.45, 2.75) is 26.8 Å². The first-order chi connectivity index (χ1) is 12.6. The molecule has 0 unspecified atom stereocenters. The first-order valence-corrected chi connectivity index (χ1v) is 8.97. The highest BCUT2D eigenvalue weighted by atomic mass is 16.1. The number of hydrogen-bond acceptors (Lipinski definition) is 1. The summed E-state index contributed by atoms with van der Waals surface area (Å²) in [5.41, 5.74) is 12.2. The van der Waals surface area contributed by atoms with Gasteiger partial charge in [-0.05, 0) is 42.7 Å². The molecule has 0 bridgehead atoms. The Hall–Kier alpha value is -3.07. The van der Waals surface area contributed by atoms with E-state index >= 15 is 0 Å². The van der Waals surface area contributed by atoms with E-state index in [9.17, 15) is 4.79 Å². The summed E-state index contributed by atoms with van der Waals surface area (Å²) >= 11 is 0. The smallest absolute Gasteiger partial charge is 0.249 e. The van der Waals surface area contributed by atoms with Crippen molar-refractivity contribution in [3.05, 3.63) is 82.9 Å². The van der Waals surface area contributed by atoms with Crippen molar-refractivity contribution in [1.82, 2.24) is 4.57 Å². The van der Waals surface area contributed by atoms with Gasteiger partial charge in [0.25, 0.3) is 0 Å². The molecule has 0 saturated carbocycles. The summed E-state index contributed by atoms with van der Waals surface area (Å²) in [4.78, 5) is 12.0. The third-order valence-corrected chi connectivity index (χ3v) is 5.09. The number of rotatable bonds is 4. The van der Waals surface area contributed by atoms with Crippen molar-refractivity contribution in [2.75, 3.05) is 0 Å². The highest BCUT2D eigenvalue weighted by Gasteiger charge is 2.16. The van der Waals surface area contributed by atoms with E-state index in [-0.39, 0.29) is 5.91 Å². The van der Waals surface area contributed by atoms with E-state index in [1.807, 2.05) is 12.1 Å². The monoisotopic (exact) mass is 342 g/mol. The Labute approximate surface area is 153 Å². The van der Waals surface area contributed by atoms with Gasteiger partial charge in [0, 0.05) is 28.4 Å². The number of amides is 1. The maximum absolute atomic E-state index is 12.0. The van der Waals surface area contributed by atoms with Crippen LogP contribution in [-0.2, 0) is 13.0 Å². The highest BCUT2D eigenvalue weighted by Crippen LogP contribution is 2.33. The molecular weight excluding hydrogens is 320 g/mol. The molecule has 0 saturated heterocycles. The molecule has 1 aromatic heterocycles. The molecule has 0 aliphatic heterocycles. The summed E-state index contributed by atoms with van der Waals surface area (Å²) in [6.07, 6.45) is 0.977. The van der Waals surface area contributed by atoms with Crippen LogP contribution in [0.1, 0.15) is 34.0 Å². The van der Waals surface area contributed by atoms with Crippen LogP contribution in [-0.4, -0.2) is 10.5 Å². The fourth-order valence-electron chi connectivity index (χ4n) is 3.66. The third kappa shape index (κ3) is 2.66. The maximum Gasteiger partial charge on any atom is 0.249 e. The predicted octanol–water partition coefficient (Wildman–Crippen LogP) is 4.81. The summed E-state index contributed by atoms with van der Waals surface area (Å²) < 4.78 is 2.29. The van der Waals surface area contributed by atoms with Crippen molar-refractivity contribution in [3.8, 4) is 0 Å². The second-order valence-corrected chi connectivity index (χ2v) is 6.84. The van der Waals surface area contributed by atoms with E-state index in [1.54, 1.807) is 0 Å². The van der Waals surface area contributed by atoms with Crippen LogP contribution in [0.15, 0.2) is 60.7 Å². The Morgan fingerprint density at radius 2 is 1.69 bits per heavy atom. The van der Waals surface area contributed by atoms with E-state index in [0.717, 1.165) is 34.8 Å². The topological polar surface area (TPSA) is 48.0 Å². The van der Waals surface area contributed by atoms with Crippen molar-refractivity contribution in [3.63, 3.8) is 0 Å². The van der Waals surface area contributed by atoms with Crippen molar-refractivity contribution in [1.29, 1.82) is 0 Å². The fourth-order valence-corrected chi connectivity index (χ4v) is 3.66. The summed E-state index contributed by atoms with van der Waals surface area (Å²) in [6.45, 7) is 5.01. The number of aromatic nitrogens is 1. The summed E-state index contributed by atoms with van der Waals surface area (Å²) in [5.74, 6) is -0.385. The van der Waals surface area contributed by atoms with Gasteiger partial charge in [0.15, 0.2) is 0 Å². The zero-order valence-corrected chi connectivity index (χ0v) is 15.1. The Balaban J connectivity index is 2.03. The van der Waals surface area contributed by atoms with Crippen LogP contribution in [0.4, 0.5) is 0 Å². The minimum Gasteiger partial charge on any atom is -0.366 e. The largest absolute Gasteiger partial charge is 0.366 e. The molecule has 0 fully saturated rings. The quantitative estimate of drug-likeness (QED) is 0.568. The first kappa shape index (κ1) is 16.4. The number of carbonyl (C=O) groups excluding carboxylic acids is 1. The van der Waals surface area contributed by atoms with Gasteiger partial charge in [-0.3, -0.25) is 4.79 Å². The molecule has 1 amide bonds. The van der Waals surface area contributed by atoms with Crippen LogP contribution in [0.25, 0.3) is 21.8 Å². The number of fused-ring (bicyclic) bond motifs is 3. The van der Waals surface area contributed by atoms with Crippen LogP contribution in [0.3, 0.4) is 0 Å². The zero-order chi connectivity index (χ0) is 18.3. The van der Waals surface area contributed by atoms with Crippen molar-refractivity contribution < 1.29 is 4.79 Å². The third-order valence-electron chi connectivity index (χ3n) is 5.09. The SMILES string of the molecule is CCc1ccc2c3c(C(N)=O)cccc3n(Cc3ccc(C)cc3)c2c1. The molecule has 130 valence electrons. The Morgan fingerprint density at radius 3 is 2.38 bits per heavy atom. The zero-order valence-electron chi connectivity index (χ0n) is 15.1. The molecule has 3 heteroatoms. The average Bonchev–Trinajstić information content (AvgIpc) is 2.96. The molecule has 3 nitrogen and oxygen atoms in total. The number of nitrogens with zero attached hydrogens (tertiary/aromatic N) is 1. The Bertz CT molecular complexity index is 1120. The minimum atomic E-state index is -0.385. The predicted molar refractivity (Wildman–Crippen MR) is 108 cm³/mol. The molecule has 0 atom stereocenters. The molecular formula is C23H22N2O. The van der Waals surface area contributed by atoms with Crippen molar-refractivity contribution >= 4 is 27.7 Å². The number of primary amides is 1. The minimum absolute atomic E-state index is 0.385. The van der Waals surface area contributed by atoms with Crippen LogP contribution in [0.2, 0.25) is 0 Å². The summed E-state index contributed by atoms with van der Waals surface area (Å²) in [5, 5.41) is 2.03. The number of benzene rings is 3. The summed E-state index contributed by atoms with van der Waals surface area (Å²) in [7, 11) is 0. The molecule has 2 N–H and O–H groups in total. The van der Waals surface area contributed by atoms with Gasteiger partial charge in [-0.1, -0.05) is 55.0 Å². The molecule has 0 aliphatic carbocycles. The lowest BCUT2D eigenvalue weighted by atomic mass is 10.0. The van der Waals surface area contributed by atoms with Crippen LogP contribution in [0, 0.1) is 6.92 Å². The van der Waals surface area contributed by atoms with Crippen LogP contribution < -0.4 is 5.73 Å². The number of nitrogens with two attached hydrogens (primary N) is 1. The normalized spacial score (nSPS) is 11.3. The maximum atomic E-state index is 12.0. The number of hydrogen-bond donors (Lipinski definition) is 1. The van der Waals surface area contributed by atoms with Crippen LogP contribution >= 0.6 is 0 Å². The number of aryl methyl sites for hydroxylation is 2. The molecule has 0 aliphatic rings. The Morgan fingerprint density at radius 1 is 0.962 bits per heavy atom. The molecule has 0 spiro atoms. The van der Waals surface area contributed by atoms with Gasteiger partial charge in [-0.25, -0.2) is 0 Å². The van der Waals surface area contributed by atoms with E-state index in [1.165, 1.54) is 16.7 Å². The van der Waals surface area contributed by atoms with Gasteiger partial charge in [-0.2, -0.15) is 0 Å². The lowest BCUT2D eigenvalue weighted by molar-refractivity contribution is 0.100. The molecule has 0 radical (unpaired) electrons. The standard InChI is InChI=1S/C23H22N2O/c1-3-16-11-12-18-21(13-16)25(14-17-9-7-15(2)8-10-17)20-6-4-5-19(22(18)20)23(24)26/h4-13H,3,14H2,1-2H3,(H2,24,26). The van der Waals surface area contributed by atoms with Gasteiger partial charge in [0.2, 0.25) is 5.91 Å². The molecule has 3 aromatic carbocycles. The van der Waals surface area contributed by atoms with E-state index in [2.05, 4.69) is 66.9 Å². The van der Waals surface area contributed by atoms with Crippen LogP contribution in [0.5, 0.6) is 0 Å². The van der Waals surface area contributed by atoms with Gasteiger partial charge < -0.3 is 10.3 Å². The fraction of sp³-hybridized carbons (Fsp3) is 0.174. The van der Waals surface area contributed by atoms with Gasteiger partial charge >= 0.3 is 0 Å². The van der Waals surface area contributed by atoms with Crippen molar-refractivity contribution in [2.24, 2.45) is 5.73 Å². The first-order valence-electron chi connectivity index (χ1n) is 8.97. The molecule has 1 heterocycles.